The Balaban J connectivity index is 2.08. The number of nitro groups is 1. The summed E-state index contributed by atoms with van der Waals surface area (Å²) in [7, 11) is 0. The molecule has 1 heterocycles. The van der Waals surface area contributed by atoms with E-state index in [-0.39, 0.29) is 10.9 Å². The van der Waals surface area contributed by atoms with Crippen molar-refractivity contribution in [3.05, 3.63) is 64.5 Å². The maximum atomic E-state index is 10.5. The summed E-state index contributed by atoms with van der Waals surface area (Å²) in [6.07, 6.45) is 1.61. The molecule has 0 atom stereocenters. The molecule has 1 aromatic carbocycles. The van der Waals surface area contributed by atoms with Gasteiger partial charge in [0.1, 0.15) is 5.69 Å². The largest absolute Gasteiger partial charge is 0.277 e. The molecule has 1 N–H and O–H groups in total. The molecule has 0 saturated heterocycles. The molecule has 6 nitrogen and oxygen atoms in total. The van der Waals surface area contributed by atoms with E-state index in [2.05, 4.69) is 15.5 Å². The molecule has 7 heteroatoms. The van der Waals surface area contributed by atoms with Crippen LogP contribution in [0.4, 0.5) is 11.4 Å². The third-order valence-electron chi connectivity index (χ3n) is 2.24. The van der Waals surface area contributed by atoms with Gasteiger partial charge < -0.3 is 0 Å². The van der Waals surface area contributed by atoms with E-state index in [0.29, 0.717) is 11.4 Å². The van der Waals surface area contributed by atoms with E-state index in [1.807, 2.05) is 0 Å². The number of nitro benzene ring substituents is 1. The zero-order valence-corrected chi connectivity index (χ0v) is 10.4. The first kappa shape index (κ1) is 13.0. The highest BCUT2D eigenvalue weighted by Crippen LogP contribution is 2.15. The zero-order valence-electron chi connectivity index (χ0n) is 9.65. The number of anilines is 1. The van der Waals surface area contributed by atoms with Crippen LogP contribution in [0, 0.1) is 10.1 Å². The van der Waals surface area contributed by atoms with Crippen molar-refractivity contribution in [2.24, 2.45) is 5.10 Å². The van der Waals surface area contributed by atoms with Gasteiger partial charge in [-0.15, -0.1) is 0 Å². The molecule has 0 amide bonds. The van der Waals surface area contributed by atoms with E-state index < -0.39 is 4.92 Å². The molecule has 19 heavy (non-hydrogen) atoms. The van der Waals surface area contributed by atoms with Gasteiger partial charge in [-0.2, -0.15) is 5.10 Å². The van der Waals surface area contributed by atoms with Gasteiger partial charge in [0.05, 0.1) is 10.6 Å². The maximum Gasteiger partial charge on any atom is 0.269 e. The summed E-state index contributed by atoms with van der Waals surface area (Å²) in [5.74, 6) is 0. The van der Waals surface area contributed by atoms with E-state index in [0.717, 1.165) is 0 Å². The van der Waals surface area contributed by atoms with E-state index >= 15 is 0 Å². The van der Waals surface area contributed by atoms with Crippen LogP contribution in [0.3, 0.4) is 0 Å². The lowest BCUT2D eigenvalue weighted by Gasteiger charge is -2.01. The Labute approximate surface area is 113 Å². The van der Waals surface area contributed by atoms with Crippen LogP contribution in [0.25, 0.3) is 0 Å². The molecule has 1 aromatic heterocycles. The van der Waals surface area contributed by atoms with Crippen molar-refractivity contribution >= 4 is 28.1 Å². The number of non-ortho nitro benzene ring substituents is 1. The lowest BCUT2D eigenvalue weighted by atomic mass is 10.3. The van der Waals surface area contributed by atoms with Gasteiger partial charge in [-0.25, -0.2) is 0 Å². The molecule has 2 aromatic rings. The number of aromatic nitrogens is 1. The Hall–Kier alpha value is -2.47. The summed E-state index contributed by atoms with van der Waals surface area (Å²) in [6.45, 7) is 0. The standard InChI is InChI=1S/C12H9ClN4O2/c13-12(11-3-1-2-8-14-11)16-15-9-4-6-10(7-5-9)17(18)19/h1-8,15H/b16-12-. The van der Waals surface area contributed by atoms with Crippen LogP contribution in [0.15, 0.2) is 53.8 Å². The molecule has 2 rings (SSSR count). The monoisotopic (exact) mass is 276 g/mol. The summed E-state index contributed by atoms with van der Waals surface area (Å²) >= 11 is 5.95. The molecule has 0 aliphatic carbocycles. The van der Waals surface area contributed by atoms with Gasteiger partial charge >= 0.3 is 0 Å². The summed E-state index contributed by atoms with van der Waals surface area (Å²) < 4.78 is 0. The van der Waals surface area contributed by atoms with E-state index in [9.17, 15) is 10.1 Å². The second kappa shape index (κ2) is 5.92. The molecular formula is C12H9ClN4O2. The molecule has 0 radical (unpaired) electrons. The minimum absolute atomic E-state index is 0.0188. The van der Waals surface area contributed by atoms with Crippen molar-refractivity contribution in [2.75, 3.05) is 5.43 Å². The number of hydrogen-bond acceptors (Lipinski definition) is 5. The lowest BCUT2D eigenvalue weighted by Crippen LogP contribution is -1.99. The van der Waals surface area contributed by atoms with Gasteiger partial charge in [-0.05, 0) is 24.3 Å². The minimum Gasteiger partial charge on any atom is -0.277 e. The molecule has 0 spiro atoms. The summed E-state index contributed by atoms with van der Waals surface area (Å²) in [4.78, 5) is 14.1. The number of hydrogen-bond donors (Lipinski definition) is 1. The molecule has 0 aliphatic heterocycles. The van der Waals surface area contributed by atoms with Crippen LogP contribution in [0.1, 0.15) is 5.69 Å². The highest BCUT2D eigenvalue weighted by Gasteiger charge is 2.04. The number of hydrazone groups is 1. The fourth-order valence-electron chi connectivity index (χ4n) is 1.31. The van der Waals surface area contributed by atoms with Crippen LogP contribution in [-0.2, 0) is 0 Å². The number of nitrogens with one attached hydrogen (secondary N) is 1. The maximum absolute atomic E-state index is 10.5. The summed E-state index contributed by atoms with van der Waals surface area (Å²) in [5, 5.41) is 14.6. The molecule has 96 valence electrons. The van der Waals surface area contributed by atoms with Crippen molar-refractivity contribution in [3.8, 4) is 0 Å². The van der Waals surface area contributed by atoms with Gasteiger partial charge in [0.15, 0.2) is 5.17 Å². The van der Waals surface area contributed by atoms with Gasteiger partial charge in [-0.3, -0.25) is 20.5 Å². The number of halogens is 1. The van der Waals surface area contributed by atoms with E-state index in [1.54, 1.807) is 36.5 Å². The quantitative estimate of drug-likeness (QED) is 0.529. The molecule has 0 saturated carbocycles. The average Bonchev–Trinajstić information content (AvgIpc) is 2.46. The van der Waals surface area contributed by atoms with Crippen molar-refractivity contribution in [1.82, 2.24) is 4.98 Å². The predicted molar refractivity (Wildman–Crippen MR) is 73.3 cm³/mol. The SMILES string of the molecule is O=[N+]([O-])c1ccc(N/N=C(\Cl)c2ccccn2)cc1. The number of rotatable bonds is 4. The Morgan fingerprint density at radius 1 is 1.26 bits per heavy atom. The second-order valence-electron chi connectivity index (χ2n) is 3.53. The highest BCUT2D eigenvalue weighted by molar-refractivity contribution is 6.69. The summed E-state index contributed by atoms with van der Waals surface area (Å²) in [5.41, 5.74) is 3.86. The Kier molecular flexibility index (Phi) is 4.04. The van der Waals surface area contributed by atoms with Crippen molar-refractivity contribution in [3.63, 3.8) is 0 Å². The molecule has 0 unspecified atom stereocenters. The van der Waals surface area contributed by atoms with Gasteiger partial charge in [0.2, 0.25) is 0 Å². The van der Waals surface area contributed by atoms with Crippen LogP contribution >= 0.6 is 11.6 Å². The fourth-order valence-corrected chi connectivity index (χ4v) is 1.47. The van der Waals surface area contributed by atoms with Crippen molar-refractivity contribution < 1.29 is 4.92 Å². The van der Waals surface area contributed by atoms with Crippen LogP contribution in [0.5, 0.6) is 0 Å². The Bertz CT molecular complexity index is 599. The van der Waals surface area contributed by atoms with Gasteiger partial charge in [0, 0.05) is 18.3 Å². The normalized spacial score (nSPS) is 11.1. The number of nitrogens with zero attached hydrogens (tertiary/aromatic N) is 3. The minimum atomic E-state index is -0.464. The van der Waals surface area contributed by atoms with Crippen molar-refractivity contribution in [2.45, 2.75) is 0 Å². The van der Waals surface area contributed by atoms with Crippen LogP contribution in [0.2, 0.25) is 0 Å². The zero-order chi connectivity index (χ0) is 13.7. The van der Waals surface area contributed by atoms with Crippen LogP contribution < -0.4 is 5.43 Å². The first-order valence-corrected chi connectivity index (χ1v) is 5.69. The average molecular weight is 277 g/mol. The Morgan fingerprint density at radius 2 is 2.00 bits per heavy atom. The third-order valence-corrected chi connectivity index (χ3v) is 2.52. The molecule has 0 bridgehead atoms. The molecule has 0 fully saturated rings. The van der Waals surface area contributed by atoms with E-state index in [1.165, 1.54) is 12.1 Å². The molecule has 0 aliphatic rings. The lowest BCUT2D eigenvalue weighted by molar-refractivity contribution is -0.384. The third kappa shape index (κ3) is 3.49. The predicted octanol–water partition coefficient (Wildman–Crippen LogP) is 3.00. The van der Waals surface area contributed by atoms with E-state index in [4.69, 9.17) is 11.6 Å². The smallest absolute Gasteiger partial charge is 0.269 e. The Morgan fingerprint density at radius 3 is 2.58 bits per heavy atom. The summed E-state index contributed by atoms with van der Waals surface area (Å²) in [6, 6.07) is 11.2. The van der Waals surface area contributed by atoms with Crippen LogP contribution in [-0.4, -0.2) is 15.1 Å². The first-order chi connectivity index (χ1) is 9.16. The van der Waals surface area contributed by atoms with Gasteiger partial charge in [-0.1, -0.05) is 17.7 Å². The number of benzene rings is 1. The topological polar surface area (TPSA) is 80.4 Å². The number of pyridine rings is 1. The fraction of sp³-hybridized carbons (Fsp3) is 0. The second-order valence-corrected chi connectivity index (χ2v) is 3.89. The van der Waals surface area contributed by atoms with Crippen molar-refractivity contribution in [1.29, 1.82) is 0 Å². The first-order valence-electron chi connectivity index (χ1n) is 5.32. The van der Waals surface area contributed by atoms with Gasteiger partial charge in [0.25, 0.3) is 5.69 Å². The highest BCUT2D eigenvalue weighted by atomic mass is 35.5. The molecular weight excluding hydrogens is 268 g/mol.